The molecule has 2 aromatic rings. The van der Waals surface area contributed by atoms with Crippen LogP contribution in [0.2, 0.25) is 0 Å². The van der Waals surface area contributed by atoms with Gasteiger partial charge in [0, 0.05) is 12.6 Å². The van der Waals surface area contributed by atoms with Crippen molar-refractivity contribution in [2.45, 2.75) is 19.4 Å². The van der Waals surface area contributed by atoms with Crippen molar-refractivity contribution in [3.63, 3.8) is 0 Å². The summed E-state index contributed by atoms with van der Waals surface area (Å²) in [6, 6.07) is 9.28. The first-order chi connectivity index (χ1) is 12.6. The average molecular weight is 396 g/mol. The van der Waals surface area contributed by atoms with Crippen LogP contribution in [-0.2, 0) is 17.8 Å². The van der Waals surface area contributed by atoms with Gasteiger partial charge in [0.2, 0.25) is 5.91 Å². The Labute approximate surface area is 161 Å². The SMILES string of the molecule is Cl.O=C(CCOc1ccccc1[N+](=O)[O-])Nc1ccc2c(c1F)CCNC2. The van der Waals surface area contributed by atoms with Crippen LogP contribution in [-0.4, -0.2) is 24.0 Å². The smallest absolute Gasteiger partial charge is 0.310 e. The molecular weight excluding hydrogens is 377 g/mol. The molecule has 1 aliphatic rings. The number of nitro benzene ring substituents is 1. The van der Waals surface area contributed by atoms with Crippen molar-refractivity contribution in [3.05, 3.63) is 63.5 Å². The first-order valence-electron chi connectivity index (χ1n) is 8.23. The lowest BCUT2D eigenvalue weighted by atomic mass is 9.99. The molecule has 3 rings (SSSR count). The number of nitrogens with one attached hydrogen (secondary N) is 2. The molecule has 0 aliphatic carbocycles. The standard InChI is InChI=1S/C18H18FN3O4.ClH/c19-18-13-7-9-20-11-12(13)5-6-14(18)21-17(23)8-10-26-16-4-2-1-3-15(16)22(24)25;/h1-6,20H,7-11H2,(H,21,23);1H. The highest BCUT2D eigenvalue weighted by Gasteiger charge is 2.18. The molecule has 0 aromatic heterocycles. The third kappa shape index (κ3) is 4.93. The molecule has 1 heterocycles. The summed E-state index contributed by atoms with van der Waals surface area (Å²) in [5.41, 5.74) is 1.49. The summed E-state index contributed by atoms with van der Waals surface area (Å²) in [4.78, 5) is 22.4. The van der Waals surface area contributed by atoms with Gasteiger partial charge in [-0.25, -0.2) is 4.39 Å². The van der Waals surface area contributed by atoms with Crippen molar-refractivity contribution in [1.29, 1.82) is 0 Å². The fourth-order valence-corrected chi connectivity index (χ4v) is 2.83. The molecule has 7 nitrogen and oxygen atoms in total. The lowest BCUT2D eigenvalue weighted by Gasteiger charge is -2.19. The highest BCUT2D eigenvalue weighted by molar-refractivity contribution is 5.91. The minimum Gasteiger partial charge on any atom is -0.486 e. The number of amides is 1. The summed E-state index contributed by atoms with van der Waals surface area (Å²) in [5, 5.41) is 16.6. The van der Waals surface area contributed by atoms with Crippen molar-refractivity contribution < 1.29 is 18.8 Å². The van der Waals surface area contributed by atoms with E-state index in [0.717, 1.165) is 5.56 Å². The van der Waals surface area contributed by atoms with Crippen LogP contribution < -0.4 is 15.4 Å². The molecule has 27 heavy (non-hydrogen) atoms. The predicted molar refractivity (Wildman–Crippen MR) is 101 cm³/mol. The molecule has 1 amide bonds. The van der Waals surface area contributed by atoms with E-state index in [1.54, 1.807) is 18.2 Å². The lowest BCUT2D eigenvalue weighted by Crippen LogP contribution is -2.25. The Morgan fingerprint density at radius 1 is 1.30 bits per heavy atom. The van der Waals surface area contributed by atoms with Crippen LogP contribution in [0, 0.1) is 15.9 Å². The number of hydrogen-bond donors (Lipinski definition) is 2. The fraction of sp³-hybridized carbons (Fsp3) is 0.278. The van der Waals surface area contributed by atoms with Gasteiger partial charge < -0.3 is 15.4 Å². The molecular formula is C18H19ClFN3O4. The first-order valence-corrected chi connectivity index (χ1v) is 8.23. The van der Waals surface area contributed by atoms with Crippen LogP contribution in [0.3, 0.4) is 0 Å². The molecule has 2 aromatic carbocycles. The molecule has 0 spiro atoms. The van der Waals surface area contributed by atoms with E-state index >= 15 is 0 Å². The molecule has 2 N–H and O–H groups in total. The van der Waals surface area contributed by atoms with Gasteiger partial charge in [-0.15, -0.1) is 12.4 Å². The number of nitrogens with zero attached hydrogens (tertiary/aromatic N) is 1. The zero-order valence-electron chi connectivity index (χ0n) is 14.4. The van der Waals surface area contributed by atoms with E-state index in [2.05, 4.69) is 10.6 Å². The van der Waals surface area contributed by atoms with Crippen molar-refractivity contribution in [2.75, 3.05) is 18.5 Å². The van der Waals surface area contributed by atoms with E-state index in [-0.39, 0.29) is 42.6 Å². The second-order valence-electron chi connectivity index (χ2n) is 5.86. The van der Waals surface area contributed by atoms with E-state index in [0.29, 0.717) is 25.1 Å². The number of fused-ring (bicyclic) bond motifs is 1. The monoisotopic (exact) mass is 395 g/mol. The number of hydrogen-bond acceptors (Lipinski definition) is 5. The molecule has 0 atom stereocenters. The van der Waals surface area contributed by atoms with Gasteiger partial charge in [-0.2, -0.15) is 0 Å². The lowest BCUT2D eigenvalue weighted by molar-refractivity contribution is -0.385. The fourth-order valence-electron chi connectivity index (χ4n) is 2.83. The second-order valence-corrected chi connectivity index (χ2v) is 5.86. The number of carbonyl (C=O) groups excluding carboxylic acids is 1. The molecule has 144 valence electrons. The van der Waals surface area contributed by atoms with Gasteiger partial charge in [0.15, 0.2) is 5.75 Å². The number of carbonyl (C=O) groups is 1. The Morgan fingerprint density at radius 3 is 2.85 bits per heavy atom. The Kier molecular flexibility index (Phi) is 7.09. The van der Waals surface area contributed by atoms with Crippen molar-refractivity contribution in [3.8, 4) is 5.75 Å². The van der Waals surface area contributed by atoms with E-state index in [1.165, 1.54) is 18.2 Å². The van der Waals surface area contributed by atoms with Crippen LogP contribution in [0.15, 0.2) is 36.4 Å². The zero-order chi connectivity index (χ0) is 18.5. The maximum absolute atomic E-state index is 14.5. The Balaban J connectivity index is 0.00000261. The van der Waals surface area contributed by atoms with Crippen LogP contribution in [0.5, 0.6) is 5.75 Å². The molecule has 0 unspecified atom stereocenters. The Morgan fingerprint density at radius 2 is 2.07 bits per heavy atom. The Bertz CT molecular complexity index is 847. The minimum absolute atomic E-state index is 0. The van der Waals surface area contributed by atoms with Gasteiger partial charge in [0.25, 0.3) is 0 Å². The quantitative estimate of drug-likeness (QED) is 0.578. The van der Waals surface area contributed by atoms with Crippen LogP contribution in [0.1, 0.15) is 17.5 Å². The van der Waals surface area contributed by atoms with Crippen LogP contribution >= 0.6 is 12.4 Å². The van der Waals surface area contributed by atoms with E-state index in [4.69, 9.17) is 4.74 Å². The van der Waals surface area contributed by atoms with Crippen molar-refractivity contribution in [1.82, 2.24) is 5.32 Å². The normalized spacial score (nSPS) is 12.5. The average Bonchev–Trinajstić information content (AvgIpc) is 2.64. The van der Waals surface area contributed by atoms with E-state index < -0.39 is 16.6 Å². The highest BCUT2D eigenvalue weighted by Crippen LogP contribution is 2.26. The molecule has 0 bridgehead atoms. The molecule has 9 heteroatoms. The van der Waals surface area contributed by atoms with E-state index in [1.807, 2.05) is 0 Å². The number of benzene rings is 2. The van der Waals surface area contributed by atoms with Gasteiger partial charge in [-0.1, -0.05) is 18.2 Å². The summed E-state index contributed by atoms with van der Waals surface area (Å²) in [7, 11) is 0. The number of rotatable bonds is 6. The summed E-state index contributed by atoms with van der Waals surface area (Å²) >= 11 is 0. The summed E-state index contributed by atoms with van der Waals surface area (Å²) < 4.78 is 19.8. The maximum Gasteiger partial charge on any atom is 0.310 e. The molecule has 0 radical (unpaired) electrons. The van der Waals surface area contributed by atoms with Crippen molar-refractivity contribution >= 4 is 29.7 Å². The minimum atomic E-state index is -0.549. The number of ether oxygens (including phenoxy) is 1. The molecule has 0 saturated carbocycles. The largest absolute Gasteiger partial charge is 0.486 e. The maximum atomic E-state index is 14.5. The number of nitro groups is 1. The molecule has 0 saturated heterocycles. The van der Waals surface area contributed by atoms with Gasteiger partial charge >= 0.3 is 5.69 Å². The molecule has 0 fully saturated rings. The summed E-state index contributed by atoms with van der Waals surface area (Å²) in [6.07, 6.45) is 0.524. The van der Waals surface area contributed by atoms with Crippen molar-refractivity contribution in [2.24, 2.45) is 0 Å². The first kappa shape index (κ1) is 20.6. The van der Waals surface area contributed by atoms with Crippen LogP contribution in [0.25, 0.3) is 0 Å². The van der Waals surface area contributed by atoms with Crippen LogP contribution in [0.4, 0.5) is 15.8 Å². The topological polar surface area (TPSA) is 93.5 Å². The molecule has 1 aliphatic heterocycles. The predicted octanol–water partition coefficient (Wildman–Crippen LogP) is 3.21. The van der Waals surface area contributed by atoms with Gasteiger partial charge in [-0.05, 0) is 36.2 Å². The van der Waals surface area contributed by atoms with Gasteiger partial charge in [0.1, 0.15) is 5.82 Å². The second kappa shape index (κ2) is 9.29. The number of anilines is 1. The third-order valence-electron chi connectivity index (χ3n) is 4.13. The Hall–Kier alpha value is -2.71. The van der Waals surface area contributed by atoms with E-state index in [9.17, 15) is 19.3 Å². The number of halogens is 2. The van der Waals surface area contributed by atoms with Gasteiger partial charge in [-0.3, -0.25) is 14.9 Å². The zero-order valence-corrected chi connectivity index (χ0v) is 15.2. The summed E-state index contributed by atoms with van der Waals surface area (Å²) in [6.45, 7) is 1.27. The van der Waals surface area contributed by atoms with Gasteiger partial charge in [0.05, 0.1) is 23.6 Å². The summed E-state index contributed by atoms with van der Waals surface area (Å²) in [5.74, 6) is -0.730. The number of para-hydroxylation sites is 2. The third-order valence-corrected chi connectivity index (χ3v) is 4.13. The highest BCUT2D eigenvalue weighted by atomic mass is 35.5.